The second-order valence-corrected chi connectivity index (χ2v) is 7.30. The zero-order chi connectivity index (χ0) is 23.9. The number of hydrogen-bond donors (Lipinski definition) is 2. The van der Waals surface area contributed by atoms with E-state index >= 15 is 0 Å². The van der Waals surface area contributed by atoms with Crippen molar-refractivity contribution < 1.29 is 17.6 Å². The highest BCUT2D eigenvalue weighted by Gasteiger charge is 2.01. The molecule has 0 heterocycles. The van der Waals surface area contributed by atoms with Crippen LogP contribution in [0.4, 0.5) is 28.9 Å². The molecule has 34 heavy (non-hydrogen) atoms. The molecule has 0 saturated heterocycles. The number of hydrazone groups is 2. The molecular weight excluding hydrogens is 444 g/mol. The Morgan fingerprint density at radius 1 is 0.500 bits per heavy atom. The highest BCUT2D eigenvalue weighted by atomic mass is 19.1. The van der Waals surface area contributed by atoms with Crippen LogP contribution in [0.15, 0.2) is 95.1 Å². The molecule has 8 heteroatoms. The van der Waals surface area contributed by atoms with Gasteiger partial charge in [0.15, 0.2) is 0 Å². The Balaban J connectivity index is 1.40. The number of nitrogens with one attached hydrogen (secondary N) is 2. The fraction of sp³-hybridized carbons (Fsp3) is 0. The first-order valence-electron chi connectivity index (χ1n) is 10.2. The van der Waals surface area contributed by atoms with E-state index in [-0.39, 0.29) is 11.4 Å². The van der Waals surface area contributed by atoms with Crippen molar-refractivity contribution in [3.8, 4) is 11.1 Å². The van der Waals surface area contributed by atoms with E-state index in [0.29, 0.717) is 0 Å². The highest BCUT2D eigenvalue weighted by molar-refractivity contribution is 5.84. The molecule has 0 aliphatic heterocycles. The predicted octanol–water partition coefficient (Wildman–Crippen LogP) is 6.80. The summed E-state index contributed by atoms with van der Waals surface area (Å²) in [6.07, 6.45) is 3.09. The standard InChI is InChI=1S/C26H18F4N4/c27-21-9-22(28)12-25(11-21)33-31-15-17-4-6-19(7-5-17)20-3-1-2-18(8-20)16-32-34-26-13-23(29)10-24(30)14-26/h1-16,33-34H/b31-15+,32-16+. The minimum atomic E-state index is -0.688. The van der Waals surface area contributed by atoms with Gasteiger partial charge in [-0.3, -0.25) is 10.9 Å². The zero-order valence-electron chi connectivity index (χ0n) is 17.6. The summed E-state index contributed by atoms with van der Waals surface area (Å²) in [5, 5.41) is 8.03. The van der Waals surface area contributed by atoms with Crippen molar-refractivity contribution in [3.63, 3.8) is 0 Å². The molecule has 0 amide bonds. The summed E-state index contributed by atoms with van der Waals surface area (Å²) in [6.45, 7) is 0. The third kappa shape index (κ3) is 6.29. The maximum atomic E-state index is 13.3. The first-order valence-corrected chi connectivity index (χ1v) is 10.2. The van der Waals surface area contributed by atoms with Crippen molar-refractivity contribution in [1.82, 2.24) is 0 Å². The molecule has 0 radical (unpaired) electrons. The van der Waals surface area contributed by atoms with E-state index in [9.17, 15) is 17.6 Å². The van der Waals surface area contributed by atoms with E-state index in [1.165, 1.54) is 6.21 Å². The van der Waals surface area contributed by atoms with E-state index in [2.05, 4.69) is 21.1 Å². The van der Waals surface area contributed by atoms with Gasteiger partial charge >= 0.3 is 0 Å². The summed E-state index contributed by atoms with van der Waals surface area (Å²) in [7, 11) is 0. The molecule has 170 valence electrons. The van der Waals surface area contributed by atoms with Gasteiger partial charge in [-0.2, -0.15) is 10.2 Å². The minimum Gasteiger partial charge on any atom is -0.278 e. The Bertz CT molecular complexity index is 1310. The molecule has 4 aromatic rings. The molecular formula is C26H18F4N4. The first kappa shape index (κ1) is 22.7. The van der Waals surface area contributed by atoms with Crippen LogP contribution in [0.3, 0.4) is 0 Å². The summed E-state index contributed by atoms with van der Waals surface area (Å²) < 4.78 is 52.9. The van der Waals surface area contributed by atoms with Gasteiger partial charge in [0.1, 0.15) is 23.3 Å². The Labute approximate surface area is 193 Å². The van der Waals surface area contributed by atoms with Gasteiger partial charge in [-0.1, -0.05) is 42.5 Å². The van der Waals surface area contributed by atoms with Crippen LogP contribution in [0.25, 0.3) is 11.1 Å². The molecule has 0 bridgehead atoms. The minimum absolute atomic E-state index is 0.208. The van der Waals surface area contributed by atoms with Crippen molar-refractivity contribution in [2.24, 2.45) is 10.2 Å². The van der Waals surface area contributed by atoms with Crippen molar-refractivity contribution >= 4 is 23.8 Å². The molecule has 0 atom stereocenters. The average molecular weight is 462 g/mol. The number of rotatable bonds is 7. The van der Waals surface area contributed by atoms with Crippen LogP contribution >= 0.6 is 0 Å². The second kappa shape index (κ2) is 10.4. The zero-order valence-corrected chi connectivity index (χ0v) is 17.6. The third-order valence-electron chi connectivity index (χ3n) is 4.67. The van der Waals surface area contributed by atoms with Crippen molar-refractivity contribution in [3.05, 3.63) is 119 Å². The molecule has 0 fully saturated rings. The van der Waals surface area contributed by atoms with Gasteiger partial charge in [0, 0.05) is 12.1 Å². The van der Waals surface area contributed by atoms with Crippen LogP contribution in [-0.4, -0.2) is 12.4 Å². The molecule has 0 aliphatic rings. The van der Waals surface area contributed by atoms with Crippen molar-refractivity contribution in [1.29, 1.82) is 0 Å². The Morgan fingerprint density at radius 3 is 1.53 bits per heavy atom. The lowest BCUT2D eigenvalue weighted by atomic mass is 10.0. The van der Waals surface area contributed by atoms with Gasteiger partial charge in [-0.05, 0) is 52.6 Å². The molecule has 4 rings (SSSR count). The van der Waals surface area contributed by atoms with Crippen LogP contribution in [0.1, 0.15) is 11.1 Å². The van der Waals surface area contributed by atoms with Gasteiger partial charge in [-0.15, -0.1) is 0 Å². The number of halogens is 4. The molecule has 0 aliphatic carbocycles. The van der Waals surface area contributed by atoms with Gasteiger partial charge in [0.2, 0.25) is 0 Å². The SMILES string of the molecule is Fc1cc(F)cc(N/N=C/c2ccc(-c3cccc(/C=N/Nc4cc(F)cc(F)c4)c3)cc2)c1. The lowest BCUT2D eigenvalue weighted by molar-refractivity contribution is 0.583. The second-order valence-electron chi connectivity index (χ2n) is 7.30. The molecule has 2 N–H and O–H groups in total. The molecule has 0 aromatic heterocycles. The molecule has 0 spiro atoms. The fourth-order valence-electron chi connectivity index (χ4n) is 3.16. The Kier molecular flexibility index (Phi) is 6.98. The fourth-order valence-corrected chi connectivity index (χ4v) is 3.16. The topological polar surface area (TPSA) is 48.8 Å². The Morgan fingerprint density at radius 2 is 1.00 bits per heavy atom. The number of benzene rings is 4. The van der Waals surface area contributed by atoms with Crippen molar-refractivity contribution in [2.75, 3.05) is 10.9 Å². The number of anilines is 2. The molecule has 4 nitrogen and oxygen atoms in total. The lowest BCUT2D eigenvalue weighted by Crippen LogP contribution is -1.93. The van der Waals surface area contributed by atoms with Crippen LogP contribution in [0, 0.1) is 23.3 Å². The quantitative estimate of drug-likeness (QED) is 0.180. The summed E-state index contributed by atoms with van der Waals surface area (Å²) in [6, 6.07) is 21.3. The number of nitrogens with zero attached hydrogens (tertiary/aromatic N) is 2. The van der Waals surface area contributed by atoms with Crippen LogP contribution < -0.4 is 10.9 Å². The highest BCUT2D eigenvalue weighted by Crippen LogP contribution is 2.21. The number of hydrogen-bond acceptors (Lipinski definition) is 4. The van der Waals surface area contributed by atoms with E-state index in [4.69, 9.17) is 0 Å². The van der Waals surface area contributed by atoms with Gasteiger partial charge in [0.25, 0.3) is 0 Å². The predicted molar refractivity (Wildman–Crippen MR) is 127 cm³/mol. The molecule has 4 aromatic carbocycles. The maximum Gasteiger partial charge on any atom is 0.128 e. The smallest absolute Gasteiger partial charge is 0.128 e. The maximum absolute atomic E-state index is 13.3. The van der Waals surface area contributed by atoms with Crippen LogP contribution in [0.2, 0.25) is 0 Å². The summed E-state index contributed by atoms with van der Waals surface area (Å²) in [5.41, 5.74) is 9.09. The largest absolute Gasteiger partial charge is 0.278 e. The van der Waals surface area contributed by atoms with Gasteiger partial charge in [0.05, 0.1) is 23.8 Å². The first-order chi connectivity index (χ1) is 16.4. The summed E-state index contributed by atoms with van der Waals surface area (Å²) >= 11 is 0. The lowest BCUT2D eigenvalue weighted by Gasteiger charge is -2.05. The average Bonchev–Trinajstić information content (AvgIpc) is 2.79. The normalized spacial score (nSPS) is 11.3. The van der Waals surface area contributed by atoms with E-state index < -0.39 is 23.3 Å². The monoisotopic (exact) mass is 462 g/mol. The van der Waals surface area contributed by atoms with Gasteiger partial charge in [-0.25, -0.2) is 17.6 Å². The van der Waals surface area contributed by atoms with Crippen LogP contribution in [-0.2, 0) is 0 Å². The van der Waals surface area contributed by atoms with Crippen LogP contribution in [0.5, 0.6) is 0 Å². The summed E-state index contributed by atoms with van der Waals surface area (Å²) in [4.78, 5) is 0. The molecule has 0 saturated carbocycles. The van der Waals surface area contributed by atoms with Crippen molar-refractivity contribution in [2.45, 2.75) is 0 Å². The van der Waals surface area contributed by atoms with E-state index in [1.807, 2.05) is 48.5 Å². The van der Waals surface area contributed by atoms with E-state index in [1.54, 1.807) is 6.21 Å². The molecule has 0 unspecified atom stereocenters. The third-order valence-corrected chi connectivity index (χ3v) is 4.67. The summed E-state index contributed by atoms with van der Waals surface area (Å²) in [5.74, 6) is -2.75. The van der Waals surface area contributed by atoms with Gasteiger partial charge < -0.3 is 0 Å². The van der Waals surface area contributed by atoms with E-state index in [0.717, 1.165) is 58.7 Å². The Hall–Kier alpha value is -4.46.